The number of carbonyl (C=O) groups excluding carboxylic acids is 1. The second kappa shape index (κ2) is 3.21. The summed E-state index contributed by atoms with van der Waals surface area (Å²) < 4.78 is 0. The van der Waals surface area contributed by atoms with Crippen molar-refractivity contribution in [1.82, 2.24) is 0 Å². The van der Waals surface area contributed by atoms with Crippen LogP contribution in [0, 0.1) is 0 Å². The van der Waals surface area contributed by atoms with Crippen molar-refractivity contribution in [2.45, 2.75) is 6.32 Å². The van der Waals surface area contributed by atoms with Gasteiger partial charge >= 0.3 is 0 Å². The van der Waals surface area contributed by atoms with Crippen molar-refractivity contribution >= 4 is 13.6 Å². The summed E-state index contributed by atoms with van der Waals surface area (Å²) in [4.78, 5) is 11.0. The Bertz CT molecular complexity index is 218. The first-order valence-electron chi connectivity index (χ1n) is 3.43. The molecule has 0 atom stereocenters. The summed E-state index contributed by atoms with van der Waals surface area (Å²) in [7, 11) is 1.87. The molecule has 0 unspecified atom stereocenters. The fraction of sp³-hybridized carbons (Fsp3) is 0.125. The zero-order valence-corrected chi connectivity index (χ0v) is 6.00. The van der Waals surface area contributed by atoms with Gasteiger partial charge in [0, 0.05) is 5.56 Å². The Labute approximate surface area is 61.5 Å². The Morgan fingerprint density at radius 2 is 1.90 bits per heavy atom. The third-order valence-electron chi connectivity index (χ3n) is 1.42. The molecular formula is C8H9BO. The SMILES string of the molecule is BCC(=O)c1ccccc1. The van der Waals surface area contributed by atoms with E-state index in [1.165, 1.54) is 0 Å². The van der Waals surface area contributed by atoms with Crippen LogP contribution in [-0.2, 0) is 0 Å². The van der Waals surface area contributed by atoms with Gasteiger partial charge in [0.1, 0.15) is 7.85 Å². The summed E-state index contributed by atoms with van der Waals surface area (Å²) in [5.74, 6) is 0.209. The molecule has 0 aliphatic heterocycles. The van der Waals surface area contributed by atoms with Crippen molar-refractivity contribution in [1.29, 1.82) is 0 Å². The van der Waals surface area contributed by atoms with Crippen LogP contribution in [0.25, 0.3) is 0 Å². The van der Waals surface area contributed by atoms with E-state index in [9.17, 15) is 4.79 Å². The number of Topliss-reactive ketones (excluding diaryl/α,β-unsaturated/α-hetero) is 1. The van der Waals surface area contributed by atoms with Gasteiger partial charge in [0.15, 0.2) is 5.78 Å². The molecule has 0 aromatic heterocycles. The quantitative estimate of drug-likeness (QED) is 0.432. The summed E-state index contributed by atoms with van der Waals surface area (Å²) in [6, 6.07) is 9.34. The van der Waals surface area contributed by atoms with Crippen LogP contribution in [0.3, 0.4) is 0 Å². The highest BCUT2D eigenvalue weighted by molar-refractivity contribution is 6.23. The fourth-order valence-electron chi connectivity index (χ4n) is 0.828. The summed E-state index contributed by atoms with van der Waals surface area (Å²) in [6.45, 7) is 0. The summed E-state index contributed by atoms with van der Waals surface area (Å²) in [5.41, 5.74) is 0.810. The average Bonchev–Trinajstić information content (AvgIpc) is 2.05. The van der Waals surface area contributed by atoms with Crippen molar-refractivity contribution in [3.63, 3.8) is 0 Å². The maximum absolute atomic E-state index is 11.0. The van der Waals surface area contributed by atoms with E-state index in [2.05, 4.69) is 0 Å². The molecule has 0 fully saturated rings. The van der Waals surface area contributed by atoms with Crippen molar-refractivity contribution in [2.24, 2.45) is 0 Å². The Kier molecular flexibility index (Phi) is 2.27. The maximum Gasteiger partial charge on any atom is 0.155 e. The van der Waals surface area contributed by atoms with E-state index in [1.54, 1.807) is 0 Å². The first-order valence-corrected chi connectivity index (χ1v) is 3.43. The van der Waals surface area contributed by atoms with E-state index in [0.29, 0.717) is 6.32 Å². The highest BCUT2D eigenvalue weighted by atomic mass is 16.1. The Hall–Kier alpha value is -1.05. The largest absolute Gasteiger partial charge is 0.295 e. The molecule has 0 amide bonds. The lowest BCUT2D eigenvalue weighted by Crippen LogP contribution is -1.95. The monoisotopic (exact) mass is 132 g/mol. The molecule has 2 heteroatoms. The number of carbonyl (C=O) groups is 1. The molecule has 0 aliphatic rings. The van der Waals surface area contributed by atoms with Crippen LogP contribution in [-0.4, -0.2) is 13.6 Å². The molecule has 0 saturated heterocycles. The number of ketones is 1. The minimum atomic E-state index is 0.209. The van der Waals surface area contributed by atoms with Gasteiger partial charge in [-0.15, -0.1) is 0 Å². The van der Waals surface area contributed by atoms with E-state index >= 15 is 0 Å². The zero-order chi connectivity index (χ0) is 7.40. The topological polar surface area (TPSA) is 17.1 Å². The predicted octanol–water partition coefficient (Wildman–Crippen LogP) is 0.921. The van der Waals surface area contributed by atoms with Crippen LogP contribution < -0.4 is 0 Å². The van der Waals surface area contributed by atoms with E-state index < -0.39 is 0 Å². The number of hydrogen-bond donors (Lipinski definition) is 0. The van der Waals surface area contributed by atoms with E-state index in [4.69, 9.17) is 0 Å². The average molecular weight is 132 g/mol. The zero-order valence-electron chi connectivity index (χ0n) is 6.00. The lowest BCUT2D eigenvalue weighted by atomic mass is 9.96. The van der Waals surface area contributed by atoms with E-state index in [-0.39, 0.29) is 5.78 Å². The van der Waals surface area contributed by atoms with Gasteiger partial charge in [0.2, 0.25) is 0 Å². The van der Waals surface area contributed by atoms with Crippen LogP contribution in [0.4, 0.5) is 0 Å². The van der Waals surface area contributed by atoms with Gasteiger partial charge in [0.05, 0.1) is 0 Å². The Morgan fingerprint density at radius 1 is 1.30 bits per heavy atom. The van der Waals surface area contributed by atoms with Crippen LogP contribution in [0.1, 0.15) is 10.4 Å². The molecule has 1 aromatic rings. The van der Waals surface area contributed by atoms with Gasteiger partial charge in [-0.3, -0.25) is 4.79 Å². The number of rotatable bonds is 2. The van der Waals surface area contributed by atoms with Crippen molar-refractivity contribution in [3.8, 4) is 0 Å². The molecule has 0 bridgehead atoms. The predicted molar refractivity (Wildman–Crippen MR) is 44.1 cm³/mol. The van der Waals surface area contributed by atoms with Gasteiger partial charge in [-0.25, -0.2) is 0 Å². The molecule has 0 radical (unpaired) electrons. The molecule has 0 N–H and O–H groups in total. The number of hydrogen-bond acceptors (Lipinski definition) is 1. The van der Waals surface area contributed by atoms with Crippen LogP contribution in [0.2, 0.25) is 6.32 Å². The molecule has 0 spiro atoms. The maximum atomic E-state index is 11.0. The van der Waals surface area contributed by atoms with Crippen LogP contribution >= 0.6 is 0 Å². The van der Waals surface area contributed by atoms with E-state index in [1.807, 2.05) is 38.2 Å². The van der Waals surface area contributed by atoms with Gasteiger partial charge in [0.25, 0.3) is 0 Å². The summed E-state index contributed by atoms with van der Waals surface area (Å²) >= 11 is 0. The third-order valence-corrected chi connectivity index (χ3v) is 1.42. The molecule has 1 aromatic carbocycles. The van der Waals surface area contributed by atoms with Gasteiger partial charge in [-0.2, -0.15) is 0 Å². The normalized spacial score (nSPS) is 9.20. The first-order chi connectivity index (χ1) is 4.84. The minimum absolute atomic E-state index is 0.209. The standard InChI is InChI=1S/C8H9BO/c9-6-8(10)7-4-2-1-3-5-7/h1-5H,6,9H2. The second-order valence-corrected chi connectivity index (χ2v) is 2.14. The van der Waals surface area contributed by atoms with Crippen LogP contribution in [0.5, 0.6) is 0 Å². The molecule has 1 rings (SSSR count). The minimum Gasteiger partial charge on any atom is -0.295 e. The van der Waals surface area contributed by atoms with Gasteiger partial charge < -0.3 is 0 Å². The molecule has 0 aliphatic carbocycles. The first kappa shape index (κ1) is 7.07. The second-order valence-electron chi connectivity index (χ2n) is 2.14. The highest BCUT2D eigenvalue weighted by Gasteiger charge is 1.98. The van der Waals surface area contributed by atoms with Crippen molar-refractivity contribution in [3.05, 3.63) is 35.9 Å². The summed E-state index contributed by atoms with van der Waals surface area (Å²) in [5, 5.41) is 0. The third kappa shape index (κ3) is 1.47. The fourth-order valence-corrected chi connectivity index (χ4v) is 0.828. The molecule has 50 valence electrons. The highest BCUT2D eigenvalue weighted by Crippen LogP contribution is 2.00. The van der Waals surface area contributed by atoms with E-state index in [0.717, 1.165) is 5.56 Å². The smallest absolute Gasteiger partial charge is 0.155 e. The van der Waals surface area contributed by atoms with Gasteiger partial charge in [-0.1, -0.05) is 30.3 Å². The molecule has 1 nitrogen and oxygen atoms in total. The Balaban J connectivity index is 2.85. The van der Waals surface area contributed by atoms with Crippen molar-refractivity contribution < 1.29 is 4.79 Å². The summed E-state index contributed by atoms with van der Waals surface area (Å²) in [6.07, 6.45) is 0.587. The van der Waals surface area contributed by atoms with Crippen molar-refractivity contribution in [2.75, 3.05) is 0 Å². The molecule has 0 saturated carbocycles. The molecular weight excluding hydrogens is 123 g/mol. The lowest BCUT2D eigenvalue weighted by Gasteiger charge is -1.93. The number of benzene rings is 1. The van der Waals surface area contributed by atoms with Crippen LogP contribution in [0.15, 0.2) is 30.3 Å². The lowest BCUT2D eigenvalue weighted by molar-refractivity contribution is 0.101. The molecule has 0 heterocycles. The van der Waals surface area contributed by atoms with Gasteiger partial charge in [-0.05, 0) is 6.32 Å². The Morgan fingerprint density at radius 3 is 2.40 bits per heavy atom. The molecule has 10 heavy (non-hydrogen) atoms.